The zero-order valence-electron chi connectivity index (χ0n) is 73.5. The molecule has 0 aliphatic carbocycles. The van der Waals surface area contributed by atoms with Gasteiger partial charge in [-0.15, -0.1) is 0 Å². The molecule has 5 fully saturated rings. The molecule has 0 saturated carbocycles. The third kappa shape index (κ3) is 21.0. The molecular weight excluding hydrogens is 1910 g/mol. The minimum Gasteiger partial charge on any atom is -0.399 e. The molecule has 0 aromatic carbocycles. The summed E-state index contributed by atoms with van der Waals surface area (Å²) in [6.07, 6.45) is 19.3. The zero-order chi connectivity index (χ0) is 89.0. The Morgan fingerprint density at radius 1 is 0.403 bits per heavy atom. The molecule has 124 heavy (non-hydrogen) atoms. The van der Waals surface area contributed by atoms with E-state index < -0.39 is 0 Å². The van der Waals surface area contributed by atoms with Gasteiger partial charge in [-0.2, -0.15) is 0 Å². The monoisotopic (exact) mass is 2010 g/mol. The molecule has 5 aliphatic rings. The second kappa shape index (κ2) is 38.8. The second-order valence-electron chi connectivity index (χ2n) is 33.8. The van der Waals surface area contributed by atoms with Crippen molar-refractivity contribution in [1.29, 1.82) is 0 Å². The summed E-state index contributed by atoms with van der Waals surface area (Å²) < 4.78 is 72.9. The van der Waals surface area contributed by atoms with Crippen LogP contribution in [0.2, 0.25) is 10.3 Å². The Kier molecular flexibility index (Phi) is 29.0. The van der Waals surface area contributed by atoms with Gasteiger partial charge in [0, 0.05) is 156 Å². The van der Waals surface area contributed by atoms with Crippen molar-refractivity contribution in [3.8, 4) is 55.6 Å². The minimum atomic E-state index is -0.378. The van der Waals surface area contributed by atoms with Crippen molar-refractivity contribution >= 4 is 131 Å². The first kappa shape index (κ1) is 92.8. The molecule has 4 atom stereocenters. The van der Waals surface area contributed by atoms with Crippen LogP contribution in [0.25, 0.3) is 77.7 Å². The summed E-state index contributed by atoms with van der Waals surface area (Å²) in [7, 11) is -0.378. The molecule has 5 aliphatic heterocycles. The van der Waals surface area contributed by atoms with E-state index in [0.29, 0.717) is 10.3 Å². The highest BCUT2D eigenvalue weighted by Gasteiger charge is 2.53. The molecule has 14 aromatic rings. The number of hydrogen-bond acceptors (Lipinski definition) is 26. The number of hydrogen-bond donors (Lipinski definition) is 2. The van der Waals surface area contributed by atoms with Crippen LogP contribution in [0, 0.1) is 90.2 Å². The molecule has 28 nitrogen and oxygen atoms in total. The van der Waals surface area contributed by atoms with Crippen LogP contribution in [0.15, 0.2) is 142 Å². The number of aryl methyl sites for hydroxylation is 12. The smallest absolute Gasteiger partial charge is 0.399 e. The molecule has 0 bridgehead atoms. The van der Waals surface area contributed by atoms with E-state index in [-0.39, 0.29) is 40.5 Å². The van der Waals surface area contributed by atoms with E-state index in [1.165, 1.54) is 3.57 Å². The van der Waals surface area contributed by atoms with Gasteiger partial charge in [-0.25, -0.2) is 29.9 Å². The molecule has 0 spiro atoms. The SMILES string of the molecule is Cc1noc(C)c1-c1ccc(Cl)nc1.Cc1noc(C)c1-c1ccc(NC2(C)CCOC2)nc1.Cc1noc(C)c1-c1cnc(NC2(C)CCOC2)c(I)c1.Cc1noc(C)c1-c1cnc2c(c1)c(I)cn2C1(C)CCOC1.Cc1noc(C)c1-c1cnc2c(ccn2C2(C)CCOC2)c1.Cc1noc(C)c1B1OC(C)(C)C(C)(C)O1.Clc1ccc(Br)cn1. The van der Waals surface area contributed by atoms with E-state index in [2.05, 4.69) is 196 Å². The number of nitrogens with zero attached hydrogens (tertiary/aromatic N) is 14. The lowest BCUT2D eigenvalue weighted by Gasteiger charge is -2.32. The van der Waals surface area contributed by atoms with Crippen LogP contribution >= 0.6 is 84.3 Å². The Morgan fingerprint density at radius 2 is 0.815 bits per heavy atom. The van der Waals surface area contributed by atoms with Crippen molar-refractivity contribution in [1.82, 2.24) is 70.0 Å². The van der Waals surface area contributed by atoms with Gasteiger partial charge in [-0.1, -0.05) is 54.1 Å². The fourth-order valence-corrected chi connectivity index (χ4v) is 17.2. The maximum Gasteiger partial charge on any atom is 0.500 e. The molecule has 34 heteroatoms. The average Bonchev–Trinajstić information content (AvgIpc) is 1.60. The Labute approximate surface area is 767 Å². The van der Waals surface area contributed by atoms with E-state index in [1.54, 1.807) is 24.5 Å². The molecule has 5 saturated heterocycles. The Morgan fingerprint density at radius 3 is 1.23 bits per heavy atom. The predicted molar refractivity (Wildman–Crippen MR) is 499 cm³/mol. The van der Waals surface area contributed by atoms with Crippen molar-refractivity contribution in [3.63, 3.8) is 0 Å². The number of fused-ring (bicyclic) bond motifs is 2. The highest BCUT2D eigenvalue weighted by atomic mass is 127. The second-order valence-corrected chi connectivity index (χ2v) is 37.8. The number of anilines is 2. The fraction of sp³-hybridized carbons (Fsp3) is 0.422. The Bertz CT molecular complexity index is 5860. The van der Waals surface area contributed by atoms with Crippen LogP contribution < -0.4 is 16.1 Å². The van der Waals surface area contributed by atoms with Gasteiger partial charge in [0.05, 0.1) is 97.5 Å². The van der Waals surface area contributed by atoms with Crippen LogP contribution in [0.5, 0.6) is 0 Å². The summed E-state index contributed by atoms with van der Waals surface area (Å²) in [5.74, 6) is 6.63. The van der Waals surface area contributed by atoms with Crippen LogP contribution in [-0.2, 0) is 39.3 Å². The lowest BCUT2D eigenvalue weighted by molar-refractivity contribution is 0.00578. The number of aromatic nitrogens is 14. The number of rotatable bonds is 12. The van der Waals surface area contributed by atoms with Crippen molar-refractivity contribution in [2.45, 2.75) is 198 Å². The third-order valence-electron chi connectivity index (χ3n) is 23.2. The summed E-state index contributed by atoms with van der Waals surface area (Å²) in [5.41, 5.74) is 17.8. The summed E-state index contributed by atoms with van der Waals surface area (Å²) in [5, 5.41) is 34.1. The van der Waals surface area contributed by atoms with Crippen molar-refractivity contribution in [2.75, 3.05) is 63.5 Å². The standard InChI is InChI=1S/C17H18IN3O2.C17H19N3O2.C15H18IN3O2.C15H19N3O2.C11H18BNO3.C10H9ClN2O.C5H3BrClN/c1-10-15(11(2)23-20-10)12-6-13-14(18)8-21(16(13)19-7-12)17(3)4-5-22-9-17;1-11-15(12(2)22-19-11)14-8-13-4-6-20(16(13)18-9-14)17(3)5-7-21-10-17;1-9-13(10(2)21-19-9)11-6-12(16)14(17-7-11)18-15(3)4-5-20-8-15;1-10-14(11(2)20-18-10)12-4-5-13(16-8-12)17-15(3)6-7-19-9-15;1-7-9(8(2)14-13-7)12-15-10(3,4)11(5,6)16-12;1-6-10(7(2)14-13-6)8-3-4-9(11)12-5-8;6-4-1-2-5(7)8-3-4/h6-8H,4-5,9H2,1-3H3;4,6,8-9H,5,7,10H2,1-3H3;6-7H,4-5,8H2,1-3H3,(H,17,18);4-5,8H,6-7,9H2,1-3H3,(H,16,17);1-6H3;3-5H,1-2H3;1-3H. The van der Waals surface area contributed by atoms with Gasteiger partial charge in [0.25, 0.3) is 0 Å². The van der Waals surface area contributed by atoms with E-state index in [0.717, 1.165) is 250 Å². The quantitative estimate of drug-likeness (QED) is 0.0652. The van der Waals surface area contributed by atoms with Crippen LogP contribution in [0.4, 0.5) is 11.6 Å². The molecule has 0 radical (unpaired) electrons. The minimum absolute atomic E-state index is 0.000699. The summed E-state index contributed by atoms with van der Waals surface area (Å²) >= 11 is 19.1. The van der Waals surface area contributed by atoms with Gasteiger partial charge in [0.1, 0.15) is 67.8 Å². The average molecular weight is 2020 g/mol. The molecule has 654 valence electrons. The molecule has 19 rings (SSSR count). The predicted octanol–water partition coefficient (Wildman–Crippen LogP) is 21.1. The molecular formula is C90H104BBrCl2I2N16O12. The summed E-state index contributed by atoms with van der Waals surface area (Å²) in [4.78, 5) is 26.4. The Hall–Kier alpha value is -8.82. The molecule has 14 aromatic heterocycles. The topological polar surface area (TPSA) is 323 Å². The van der Waals surface area contributed by atoms with Crippen molar-refractivity contribution < 1.29 is 55.4 Å². The van der Waals surface area contributed by atoms with E-state index in [1.807, 2.05) is 160 Å². The summed E-state index contributed by atoms with van der Waals surface area (Å²) in [6, 6.07) is 19.8. The number of halogens is 5. The van der Waals surface area contributed by atoms with Crippen LogP contribution in [0.3, 0.4) is 0 Å². The fourth-order valence-electron chi connectivity index (χ4n) is 15.5. The highest BCUT2D eigenvalue weighted by Crippen LogP contribution is 2.41. The van der Waals surface area contributed by atoms with Crippen molar-refractivity contribution in [2.24, 2.45) is 0 Å². The van der Waals surface area contributed by atoms with E-state index in [4.69, 9.17) is 88.6 Å². The zero-order valence-corrected chi connectivity index (χ0v) is 80.9. The van der Waals surface area contributed by atoms with Gasteiger partial charge in [-0.05, 0) is 286 Å². The summed E-state index contributed by atoms with van der Waals surface area (Å²) in [6.45, 7) is 46.1. The normalized spacial score (nSPS) is 19.8. The van der Waals surface area contributed by atoms with Gasteiger partial charge in [0.15, 0.2) is 0 Å². The molecule has 19 heterocycles. The first-order chi connectivity index (χ1) is 58.8. The van der Waals surface area contributed by atoms with Gasteiger partial charge >= 0.3 is 7.12 Å². The van der Waals surface area contributed by atoms with Crippen LogP contribution in [-0.4, -0.2) is 152 Å². The number of ether oxygens (including phenoxy) is 4. The van der Waals surface area contributed by atoms with E-state index in [9.17, 15) is 0 Å². The van der Waals surface area contributed by atoms with Gasteiger partial charge < -0.3 is 75.2 Å². The first-order valence-corrected chi connectivity index (χ1v) is 44.5. The molecule has 0 amide bonds. The largest absolute Gasteiger partial charge is 0.500 e. The third-order valence-corrected chi connectivity index (χ3v) is 25.8. The van der Waals surface area contributed by atoms with Crippen LogP contribution in [0.1, 0.15) is 150 Å². The first-order valence-electron chi connectivity index (χ1n) is 40.8. The molecule has 4 unspecified atom stereocenters. The van der Waals surface area contributed by atoms with Gasteiger partial charge in [0.2, 0.25) is 0 Å². The number of pyridine rings is 6. The highest BCUT2D eigenvalue weighted by molar-refractivity contribution is 14.1. The lowest BCUT2D eigenvalue weighted by atomic mass is 9.77. The number of nitrogens with one attached hydrogen (secondary N) is 2. The van der Waals surface area contributed by atoms with Gasteiger partial charge in [-0.3, -0.25) is 0 Å². The maximum atomic E-state index is 5.95. The molecule has 2 N–H and O–H groups in total. The van der Waals surface area contributed by atoms with Crippen molar-refractivity contribution in [3.05, 3.63) is 201 Å². The lowest BCUT2D eigenvalue weighted by Crippen LogP contribution is -2.41. The van der Waals surface area contributed by atoms with E-state index >= 15 is 0 Å². The Balaban J connectivity index is 0.000000126. The maximum absolute atomic E-state index is 5.95.